The Hall–Kier alpha value is -2.02. The van der Waals surface area contributed by atoms with E-state index in [0.717, 1.165) is 5.56 Å². The SMILES string of the molecule is COC(=O)c1cccc(CSCC(NC=O)C(=O)O)c1. The molecule has 0 aliphatic heterocycles. The maximum Gasteiger partial charge on any atom is 0.337 e. The van der Waals surface area contributed by atoms with Crippen molar-refractivity contribution < 1.29 is 24.2 Å². The number of esters is 1. The molecule has 0 fully saturated rings. The van der Waals surface area contributed by atoms with Gasteiger partial charge in [0.05, 0.1) is 12.7 Å². The molecule has 7 heteroatoms. The Morgan fingerprint density at radius 3 is 2.85 bits per heavy atom. The lowest BCUT2D eigenvalue weighted by molar-refractivity contribution is -0.139. The van der Waals surface area contributed by atoms with Crippen LogP contribution in [0.2, 0.25) is 0 Å². The molecule has 1 aromatic carbocycles. The first-order chi connectivity index (χ1) is 9.58. The Bertz CT molecular complexity index is 491. The van der Waals surface area contributed by atoms with Crippen LogP contribution in [0.3, 0.4) is 0 Å². The zero-order valence-corrected chi connectivity index (χ0v) is 11.7. The zero-order chi connectivity index (χ0) is 15.0. The van der Waals surface area contributed by atoms with Gasteiger partial charge in [-0.25, -0.2) is 9.59 Å². The molecule has 1 amide bonds. The predicted molar refractivity (Wildman–Crippen MR) is 74.6 cm³/mol. The normalized spacial score (nSPS) is 11.4. The molecule has 20 heavy (non-hydrogen) atoms. The third-order valence-electron chi connectivity index (χ3n) is 2.47. The largest absolute Gasteiger partial charge is 0.480 e. The van der Waals surface area contributed by atoms with E-state index in [1.54, 1.807) is 18.2 Å². The van der Waals surface area contributed by atoms with Gasteiger partial charge in [0.1, 0.15) is 6.04 Å². The van der Waals surface area contributed by atoms with Crippen molar-refractivity contribution in [2.75, 3.05) is 12.9 Å². The van der Waals surface area contributed by atoms with E-state index in [-0.39, 0.29) is 5.75 Å². The summed E-state index contributed by atoms with van der Waals surface area (Å²) in [5.41, 5.74) is 1.33. The highest BCUT2D eigenvalue weighted by Crippen LogP contribution is 2.15. The topological polar surface area (TPSA) is 92.7 Å². The number of hydrogen-bond donors (Lipinski definition) is 2. The van der Waals surface area contributed by atoms with Crippen LogP contribution in [0.5, 0.6) is 0 Å². The fourth-order valence-corrected chi connectivity index (χ4v) is 2.48. The van der Waals surface area contributed by atoms with Gasteiger partial charge in [0.2, 0.25) is 6.41 Å². The number of rotatable bonds is 8. The Morgan fingerprint density at radius 1 is 1.50 bits per heavy atom. The molecule has 1 rings (SSSR count). The third kappa shape index (κ3) is 4.93. The molecule has 1 atom stereocenters. The number of ether oxygens (including phenoxy) is 1. The first-order valence-electron chi connectivity index (χ1n) is 5.76. The summed E-state index contributed by atoms with van der Waals surface area (Å²) in [5.74, 6) is -0.707. The highest BCUT2D eigenvalue weighted by Gasteiger charge is 2.15. The minimum absolute atomic E-state index is 0.247. The van der Waals surface area contributed by atoms with Crippen molar-refractivity contribution in [3.05, 3.63) is 35.4 Å². The summed E-state index contributed by atoms with van der Waals surface area (Å²) >= 11 is 1.36. The number of thioether (sulfide) groups is 1. The van der Waals surface area contributed by atoms with Gasteiger partial charge in [-0.1, -0.05) is 12.1 Å². The van der Waals surface area contributed by atoms with Crippen LogP contribution in [0, 0.1) is 0 Å². The number of nitrogens with one attached hydrogen (secondary N) is 1. The van der Waals surface area contributed by atoms with E-state index >= 15 is 0 Å². The highest BCUT2D eigenvalue weighted by atomic mass is 32.2. The molecule has 6 nitrogen and oxygen atoms in total. The van der Waals surface area contributed by atoms with Crippen LogP contribution in [-0.4, -0.2) is 42.4 Å². The summed E-state index contributed by atoms with van der Waals surface area (Å²) in [4.78, 5) is 32.5. The van der Waals surface area contributed by atoms with E-state index in [4.69, 9.17) is 5.11 Å². The Morgan fingerprint density at radius 2 is 2.25 bits per heavy atom. The number of amides is 1. The smallest absolute Gasteiger partial charge is 0.337 e. The number of aliphatic carboxylic acids is 1. The summed E-state index contributed by atoms with van der Waals surface area (Å²) in [6, 6.07) is 6.00. The maximum absolute atomic E-state index is 11.4. The van der Waals surface area contributed by atoms with Crippen molar-refractivity contribution in [3.63, 3.8) is 0 Å². The fraction of sp³-hybridized carbons (Fsp3) is 0.308. The molecule has 0 radical (unpaired) electrons. The maximum atomic E-state index is 11.4. The van der Waals surface area contributed by atoms with Gasteiger partial charge in [-0.05, 0) is 17.7 Å². The van der Waals surface area contributed by atoms with Crippen LogP contribution in [0.15, 0.2) is 24.3 Å². The van der Waals surface area contributed by atoms with Gasteiger partial charge < -0.3 is 15.2 Å². The van der Waals surface area contributed by atoms with Crippen molar-refractivity contribution >= 4 is 30.1 Å². The van der Waals surface area contributed by atoms with Crippen molar-refractivity contribution in [2.24, 2.45) is 0 Å². The number of carbonyl (C=O) groups excluding carboxylic acids is 2. The number of methoxy groups -OCH3 is 1. The number of hydrogen-bond acceptors (Lipinski definition) is 5. The molecular weight excluding hydrogens is 282 g/mol. The van der Waals surface area contributed by atoms with Crippen molar-refractivity contribution in [1.29, 1.82) is 0 Å². The summed E-state index contributed by atoms with van der Waals surface area (Å²) in [5, 5.41) is 11.1. The average molecular weight is 297 g/mol. The fourth-order valence-electron chi connectivity index (χ4n) is 1.47. The van der Waals surface area contributed by atoms with Crippen LogP contribution >= 0.6 is 11.8 Å². The summed E-state index contributed by atoms with van der Waals surface area (Å²) in [7, 11) is 1.31. The first kappa shape index (κ1) is 16.0. The summed E-state index contributed by atoms with van der Waals surface area (Å²) in [6.07, 6.45) is 0.372. The second-order valence-corrected chi connectivity index (χ2v) is 4.91. The monoisotopic (exact) mass is 297 g/mol. The van der Waals surface area contributed by atoms with Crippen LogP contribution < -0.4 is 5.32 Å². The number of carboxylic acids is 1. The lowest BCUT2D eigenvalue weighted by atomic mass is 10.1. The van der Waals surface area contributed by atoms with E-state index in [9.17, 15) is 14.4 Å². The summed E-state index contributed by atoms with van der Waals surface area (Å²) < 4.78 is 4.63. The van der Waals surface area contributed by atoms with Gasteiger partial charge in [-0.3, -0.25) is 4.79 Å². The molecule has 0 saturated heterocycles. The van der Waals surface area contributed by atoms with Crippen LogP contribution in [0.25, 0.3) is 0 Å². The van der Waals surface area contributed by atoms with Gasteiger partial charge >= 0.3 is 11.9 Å². The van der Waals surface area contributed by atoms with E-state index in [2.05, 4.69) is 10.1 Å². The van der Waals surface area contributed by atoms with Crippen molar-refractivity contribution in [1.82, 2.24) is 5.32 Å². The molecule has 1 aromatic rings. The van der Waals surface area contributed by atoms with Crippen molar-refractivity contribution in [3.8, 4) is 0 Å². The van der Waals surface area contributed by atoms with Gasteiger partial charge in [-0.2, -0.15) is 11.8 Å². The van der Waals surface area contributed by atoms with Gasteiger partial charge in [-0.15, -0.1) is 0 Å². The molecule has 2 N–H and O–H groups in total. The molecule has 0 aliphatic rings. The Balaban J connectivity index is 2.55. The molecule has 1 unspecified atom stereocenters. The minimum atomic E-state index is -1.08. The standard InChI is InChI=1S/C13H15NO5S/c1-19-13(18)10-4-2-3-9(5-10)6-20-7-11(12(16)17)14-8-15/h2-5,8,11H,6-7H2,1H3,(H,14,15)(H,16,17). The highest BCUT2D eigenvalue weighted by molar-refractivity contribution is 7.98. The molecule has 0 spiro atoms. The second-order valence-electron chi connectivity index (χ2n) is 3.88. The minimum Gasteiger partial charge on any atom is -0.480 e. The Labute approximate surface area is 120 Å². The van der Waals surface area contributed by atoms with Gasteiger partial charge in [0, 0.05) is 11.5 Å². The zero-order valence-electron chi connectivity index (χ0n) is 10.9. The van der Waals surface area contributed by atoms with Crippen molar-refractivity contribution in [2.45, 2.75) is 11.8 Å². The molecule has 0 aliphatic carbocycles. The molecule has 108 valence electrons. The Kier molecular flexibility index (Phi) is 6.58. The number of carboxylic acid groups (broad SMARTS) is 1. The van der Waals surface area contributed by atoms with Crippen LogP contribution in [-0.2, 0) is 20.1 Å². The lowest BCUT2D eigenvalue weighted by Gasteiger charge is -2.10. The third-order valence-corrected chi connectivity index (χ3v) is 3.58. The van der Waals surface area contributed by atoms with E-state index in [1.807, 2.05) is 6.07 Å². The molecule has 0 saturated carbocycles. The summed E-state index contributed by atoms with van der Waals surface area (Å²) in [6.45, 7) is 0. The molecule has 0 bridgehead atoms. The number of carbonyl (C=O) groups is 3. The predicted octanol–water partition coefficient (Wildman–Crippen LogP) is 0.906. The van der Waals surface area contributed by atoms with Gasteiger partial charge in [0.15, 0.2) is 0 Å². The van der Waals surface area contributed by atoms with Crippen LogP contribution in [0.4, 0.5) is 0 Å². The van der Waals surface area contributed by atoms with E-state index < -0.39 is 18.0 Å². The van der Waals surface area contributed by atoms with Gasteiger partial charge in [0.25, 0.3) is 0 Å². The average Bonchev–Trinajstić information content (AvgIpc) is 2.45. The first-order valence-corrected chi connectivity index (χ1v) is 6.91. The van der Waals surface area contributed by atoms with E-state index in [0.29, 0.717) is 17.7 Å². The molecule has 0 aromatic heterocycles. The number of benzene rings is 1. The lowest BCUT2D eigenvalue weighted by Crippen LogP contribution is -2.37. The van der Waals surface area contributed by atoms with E-state index in [1.165, 1.54) is 18.9 Å². The molecule has 0 heterocycles. The quantitative estimate of drug-likeness (QED) is 0.547. The van der Waals surface area contributed by atoms with Crippen LogP contribution in [0.1, 0.15) is 15.9 Å². The second kappa shape index (κ2) is 8.21. The molecular formula is C13H15NO5S.